The van der Waals surface area contributed by atoms with Crippen LogP contribution in [0.5, 0.6) is 0 Å². The van der Waals surface area contributed by atoms with Crippen molar-refractivity contribution in [2.24, 2.45) is 5.92 Å². The monoisotopic (exact) mass is 248 g/mol. The van der Waals surface area contributed by atoms with E-state index in [0.717, 1.165) is 0 Å². The van der Waals surface area contributed by atoms with Crippen LogP contribution in [0, 0.1) is 23.1 Å². The highest BCUT2D eigenvalue weighted by Gasteiger charge is 2.19. The van der Waals surface area contributed by atoms with Gasteiger partial charge in [-0.1, -0.05) is 25.1 Å². The minimum absolute atomic E-state index is 0.198. The van der Waals surface area contributed by atoms with Crippen LogP contribution in [0.15, 0.2) is 24.3 Å². The van der Waals surface area contributed by atoms with Gasteiger partial charge in [-0.15, -0.1) is 0 Å². The molecule has 0 bridgehead atoms. The molecule has 1 aromatic carbocycles. The molecule has 0 aromatic heterocycles. The van der Waals surface area contributed by atoms with Crippen molar-refractivity contribution in [2.75, 3.05) is 13.6 Å². The normalized spacial score (nSPS) is 11.7. The first-order valence-corrected chi connectivity index (χ1v) is 5.98. The van der Waals surface area contributed by atoms with E-state index in [2.05, 4.69) is 0 Å². The Bertz CT molecular complexity index is 453. The summed E-state index contributed by atoms with van der Waals surface area (Å²) in [6.07, 6.45) is 0.955. The van der Waals surface area contributed by atoms with Gasteiger partial charge in [-0.25, -0.2) is 4.39 Å². The molecule has 0 saturated heterocycles. The lowest BCUT2D eigenvalue weighted by Crippen LogP contribution is -2.33. The zero-order valence-corrected chi connectivity index (χ0v) is 10.7. The Kier molecular flexibility index (Phi) is 5.31. The molecule has 0 spiro atoms. The lowest BCUT2D eigenvalue weighted by atomic mass is 10.1. The maximum atomic E-state index is 13.4. The standard InChI is InChI=1S/C14H17FN2O/c1-3-11(10-16)14(18)17(2)9-8-12-6-4-5-7-13(12)15/h4-7,11H,3,8-9H2,1-2H3. The minimum Gasteiger partial charge on any atom is -0.344 e. The number of likely N-dealkylation sites (N-methyl/N-ethyl adjacent to an activating group) is 1. The highest BCUT2D eigenvalue weighted by atomic mass is 19.1. The second-order valence-electron chi connectivity index (χ2n) is 4.19. The summed E-state index contributed by atoms with van der Waals surface area (Å²) in [5, 5.41) is 8.82. The summed E-state index contributed by atoms with van der Waals surface area (Å²) in [4.78, 5) is 13.3. The molecule has 1 atom stereocenters. The zero-order valence-electron chi connectivity index (χ0n) is 10.7. The van der Waals surface area contributed by atoms with E-state index in [0.29, 0.717) is 24.9 Å². The van der Waals surface area contributed by atoms with Crippen LogP contribution < -0.4 is 0 Å². The van der Waals surface area contributed by atoms with Crippen LogP contribution >= 0.6 is 0 Å². The van der Waals surface area contributed by atoms with Gasteiger partial charge in [-0.05, 0) is 24.5 Å². The van der Waals surface area contributed by atoms with Crippen LogP contribution in [0.4, 0.5) is 4.39 Å². The van der Waals surface area contributed by atoms with E-state index in [1.165, 1.54) is 11.0 Å². The van der Waals surface area contributed by atoms with E-state index in [1.807, 2.05) is 6.07 Å². The minimum atomic E-state index is -0.601. The predicted octanol–water partition coefficient (Wildman–Crippen LogP) is 2.38. The van der Waals surface area contributed by atoms with Crippen LogP contribution in [0.1, 0.15) is 18.9 Å². The zero-order chi connectivity index (χ0) is 13.5. The van der Waals surface area contributed by atoms with Gasteiger partial charge in [-0.2, -0.15) is 5.26 Å². The van der Waals surface area contributed by atoms with Gasteiger partial charge in [0, 0.05) is 13.6 Å². The predicted molar refractivity (Wildman–Crippen MR) is 67.1 cm³/mol. The van der Waals surface area contributed by atoms with E-state index in [4.69, 9.17) is 5.26 Å². The molecule has 1 amide bonds. The molecule has 0 aliphatic rings. The number of benzene rings is 1. The summed E-state index contributed by atoms with van der Waals surface area (Å²) in [5.41, 5.74) is 0.585. The Morgan fingerprint density at radius 3 is 2.72 bits per heavy atom. The molecular formula is C14H17FN2O. The highest BCUT2D eigenvalue weighted by Crippen LogP contribution is 2.09. The Labute approximate surface area is 107 Å². The number of carbonyl (C=O) groups excluding carboxylic acids is 1. The molecule has 96 valence electrons. The van der Waals surface area contributed by atoms with Gasteiger partial charge in [-0.3, -0.25) is 4.79 Å². The van der Waals surface area contributed by atoms with E-state index in [1.54, 1.807) is 32.2 Å². The summed E-state index contributed by atoms with van der Waals surface area (Å²) in [6, 6.07) is 8.49. The van der Waals surface area contributed by atoms with Crippen LogP contribution in [-0.2, 0) is 11.2 Å². The van der Waals surface area contributed by atoms with E-state index >= 15 is 0 Å². The summed E-state index contributed by atoms with van der Waals surface area (Å²) >= 11 is 0. The smallest absolute Gasteiger partial charge is 0.239 e. The van der Waals surface area contributed by atoms with E-state index in [-0.39, 0.29) is 11.7 Å². The first-order chi connectivity index (χ1) is 8.60. The van der Waals surface area contributed by atoms with Crippen molar-refractivity contribution in [2.45, 2.75) is 19.8 Å². The number of hydrogen-bond acceptors (Lipinski definition) is 2. The maximum Gasteiger partial charge on any atom is 0.239 e. The molecule has 0 aliphatic heterocycles. The number of carbonyl (C=O) groups is 1. The number of nitrogens with zero attached hydrogens (tertiary/aromatic N) is 2. The van der Waals surface area contributed by atoms with Gasteiger partial charge >= 0.3 is 0 Å². The van der Waals surface area contributed by atoms with Crippen LogP contribution in [-0.4, -0.2) is 24.4 Å². The first-order valence-electron chi connectivity index (χ1n) is 5.98. The Morgan fingerprint density at radius 1 is 1.50 bits per heavy atom. The van der Waals surface area contributed by atoms with Crippen LogP contribution in [0.2, 0.25) is 0 Å². The molecule has 0 aliphatic carbocycles. The molecule has 3 nitrogen and oxygen atoms in total. The van der Waals surface area contributed by atoms with E-state index in [9.17, 15) is 9.18 Å². The third-order valence-corrected chi connectivity index (χ3v) is 2.91. The van der Waals surface area contributed by atoms with Crippen molar-refractivity contribution >= 4 is 5.91 Å². The van der Waals surface area contributed by atoms with E-state index < -0.39 is 5.92 Å². The van der Waals surface area contributed by atoms with Crippen molar-refractivity contribution in [3.8, 4) is 6.07 Å². The molecule has 0 N–H and O–H groups in total. The largest absolute Gasteiger partial charge is 0.344 e. The van der Waals surface area contributed by atoms with Crippen molar-refractivity contribution in [3.63, 3.8) is 0 Å². The summed E-state index contributed by atoms with van der Waals surface area (Å²) in [7, 11) is 1.64. The Morgan fingerprint density at radius 2 is 2.17 bits per heavy atom. The molecule has 1 rings (SSSR count). The highest BCUT2D eigenvalue weighted by molar-refractivity contribution is 5.80. The molecule has 0 saturated carbocycles. The number of nitriles is 1. The fourth-order valence-electron chi connectivity index (χ4n) is 1.69. The lowest BCUT2D eigenvalue weighted by Gasteiger charge is -2.19. The van der Waals surface area contributed by atoms with Crippen molar-refractivity contribution in [1.82, 2.24) is 4.90 Å². The van der Waals surface area contributed by atoms with Gasteiger partial charge in [0.2, 0.25) is 5.91 Å². The molecule has 0 radical (unpaired) electrons. The van der Waals surface area contributed by atoms with Gasteiger partial charge in [0.05, 0.1) is 6.07 Å². The molecule has 4 heteroatoms. The average Bonchev–Trinajstić information content (AvgIpc) is 2.38. The second-order valence-corrected chi connectivity index (χ2v) is 4.19. The fraction of sp³-hybridized carbons (Fsp3) is 0.429. The maximum absolute atomic E-state index is 13.4. The summed E-state index contributed by atoms with van der Waals surface area (Å²) in [6.45, 7) is 2.22. The Balaban J connectivity index is 2.57. The average molecular weight is 248 g/mol. The first kappa shape index (κ1) is 14.2. The summed E-state index contributed by atoms with van der Waals surface area (Å²) in [5.74, 6) is -1.06. The number of rotatable bonds is 5. The quantitative estimate of drug-likeness (QED) is 0.803. The number of halogens is 1. The van der Waals surface area contributed by atoms with Crippen LogP contribution in [0.3, 0.4) is 0 Å². The molecular weight excluding hydrogens is 231 g/mol. The number of hydrogen-bond donors (Lipinski definition) is 0. The Hall–Kier alpha value is -1.89. The third kappa shape index (κ3) is 3.56. The molecule has 1 unspecified atom stereocenters. The molecule has 18 heavy (non-hydrogen) atoms. The van der Waals surface area contributed by atoms with Crippen LogP contribution in [0.25, 0.3) is 0 Å². The SMILES string of the molecule is CCC(C#N)C(=O)N(C)CCc1ccccc1F. The fourth-order valence-corrected chi connectivity index (χ4v) is 1.69. The van der Waals surface area contributed by atoms with Gasteiger partial charge in [0.1, 0.15) is 11.7 Å². The van der Waals surface area contributed by atoms with Crippen molar-refractivity contribution < 1.29 is 9.18 Å². The topological polar surface area (TPSA) is 44.1 Å². The van der Waals surface area contributed by atoms with Crippen molar-refractivity contribution in [1.29, 1.82) is 5.26 Å². The van der Waals surface area contributed by atoms with Gasteiger partial charge < -0.3 is 4.90 Å². The second kappa shape index (κ2) is 6.75. The molecule has 0 fully saturated rings. The molecule has 1 aromatic rings. The van der Waals surface area contributed by atoms with Gasteiger partial charge in [0.25, 0.3) is 0 Å². The molecule has 0 heterocycles. The number of amides is 1. The third-order valence-electron chi connectivity index (χ3n) is 2.91. The lowest BCUT2D eigenvalue weighted by molar-refractivity contribution is -0.132. The van der Waals surface area contributed by atoms with Gasteiger partial charge in [0.15, 0.2) is 0 Å². The summed E-state index contributed by atoms with van der Waals surface area (Å²) < 4.78 is 13.4. The van der Waals surface area contributed by atoms with Crippen molar-refractivity contribution in [3.05, 3.63) is 35.6 Å².